The molecule has 0 aliphatic heterocycles. The number of nitrogens with zero attached hydrogens (tertiary/aromatic N) is 1. The van der Waals surface area contributed by atoms with Crippen LogP contribution in [0.15, 0.2) is 42.5 Å². The van der Waals surface area contributed by atoms with Gasteiger partial charge in [-0.25, -0.2) is 0 Å². The maximum atomic E-state index is 13.0. The first-order chi connectivity index (χ1) is 17.5. The molecule has 1 fully saturated rings. The number of ether oxygens (including phenoxy) is 3. The summed E-state index contributed by atoms with van der Waals surface area (Å²) in [6.07, 6.45) is 1.35. The van der Waals surface area contributed by atoms with E-state index in [0.717, 1.165) is 12.8 Å². The van der Waals surface area contributed by atoms with Crippen LogP contribution in [0.3, 0.4) is 0 Å². The molecule has 2 amide bonds. The van der Waals surface area contributed by atoms with E-state index in [9.17, 15) is 9.59 Å². The van der Waals surface area contributed by atoms with E-state index in [-0.39, 0.29) is 35.5 Å². The molecule has 1 aliphatic carbocycles. The highest BCUT2D eigenvalue weighted by Crippen LogP contribution is 2.55. The third-order valence-electron chi connectivity index (χ3n) is 6.74. The molecule has 2 aromatic carbocycles. The van der Waals surface area contributed by atoms with Gasteiger partial charge in [0.25, 0.3) is 5.91 Å². The molecule has 1 aliphatic rings. The smallest absolute Gasteiger partial charge is 0.251 e. The van der Waals surface area contributed by atoms with Crippen molar-refractivity contribution >= 4 is 23.4 Å². The molecule has 0 bridgehead atoms. The van der Waals surface area contributed by atoms with Crippen LogP contribution in [0.1, 0.15) is 56.5 Å². The first kappa shape index (κ1) is 28.3. The van der Waals surface area contributed by atoms with Crippen LogP contribution in [0.4, 0.5) is 0 Å². The second kappa shape index (κ2) is 11.8. The Kier molecular flexibility index (Phi) is 9.06. The summed E-state index contributed by atoms with van der Waals surface area (Å²) in [6, 6.07) is 14.0. The number of nitriles is 1. The minimum absolute atomic E-state index is 0.0702. The van der Waals surface area contributed by atoms with Gasteiger partial charge in [0.2, 0.25) is 5.91 Å². The number of hydrogen-bond donors (Lipinski definition) is 2. The fraction of sp³-hybridized carbons (Fsp3) is 0.464. The van der Waals surface area contributed by atoms with Gasteiger partial charge < -0.3 is 25.3 Å². The zero-order valence-electron chi connectivity index (χ0n) is 21.7. The molecule has 8 nitrogen and oxygen atoms in total. The van der Waals surface area contributed by atoms with Crippen molar-refractivity contribution in [2.24, 2.45) is 16.6 Å². The number of nitrogens with one attached hydrogen (secondary N) is 1. The summed E-state index contributed by atoms with van der Waals surface area (Å²) in [4.78, 5) is 23.7. The SMILES string of the molecule is CC1(C)[C@H](NC(=O)c2ccc(OCCCCOCC(N)=O)cc2)C(C)(C)[C@H]1Oc1ccc(C#N)c(Cl)c1. The molecule has 3 N–H and O–H groups in total. The summed E-state index contributed by atoms with van der Waals surface area (Å²) in [5.74, 6) is 0.623. The van der Waals surface area contributed by atoms with E-state index >= 15 is 0 Å². The van der Waals surface area contributed by atoms with Gasteiger partial charge >= 0.3 is 0 Å². The lowest BCUT2D eigenvalue weighted by atomic mass is 9.49. The quantitative estimate of drug-likeness (QED) is 0.392. The predicted octanol–water partition coefficient (Wildman–Crippen LogP) is 4.48. The Morgan fingerprint density at radius 3 is 2.24 bits per heavy atom. The highest BCUT2D eigenvalue weighted by atomic mass is 35.5. The van der Waals surface area contributed by atoms with E-state index in [2.05, 4.69) is 33.0 Å². The van der Waals surface area contributed by atoms with Crippen molar-refractivity contribution in [3.8, 4) is 17.6 Å². The van der Waals surface area contributed by atoms with Crippen molar-refractivity contribution in [1.82, 2.24) is 5.32 Å². The Morgan fingerprint density at radius 2 is 1.65 bits per heavy atom. The molecule has 0 aromatic heterocycles. The molecule has 0 radical (unpaired) electrons. The zero-order valence-corrected chi connectivity index (χ0v) is 22.4. The molecule has 0 atom stereocenters. The molecule has 198 valence electrons. The Labute approximate surface area is 223 Å². The van der Waals surface area contributed by atoms with Gasteiger partial charge in [0, 0.05) is 35.1 Å². The number of carbonyl (C=O) groups excluding carboxylic acids is 2. The van der Waals surface area contributed by atoms with Crippen LogP contribution < -0.4 is 20.5 Å². The standard InChI is InChI=1S/C28H34ClN3O5/c1-27(2)25(28(3,4)26(27)37-21-12-9-19(16-30)22(29)15-21)32-24(34)18-7-10-20(11-8-18)36-14-6-5-13-35-17-23(31)33/h7-12,15,25-26H,5-6,13-14,17H2,1-4H3,(H2,31,33)(H,32,34)/t25-,26-. The second-order valence-electron chi connectivity index (χ2n) is 10.4. The molecule has 0 spiro atoms. The number of amides is 2. The summed E-state index contributed by atoms with van der Waals surface area (Å²) in [7, 11) is 0. The van der Waals surface area contributed by atoms with E-state index in [1.807, 2.05) is 6.07 Å². The van der Waals surface area contributed by atoms with Crippen LogP contribution in [0, 0.1) is 22.2 Å². The highest BCUT2D eigenvalue weighted by Gasteiger charge is 2.64. The van der Waals surface area contributed by atoms with Crippen LogP contribution in [0.2, 0.25) is 5.02 Å². The first-order valence-corrected chi connectivity index (χ1v) is 12.6. The van der Waals surface area contributed by atoms with E-state index < -0.39 is 5.91 Å². The molecular formula is C28H34ClN3O5. The van der Waals surface area contributed by atoms with Crippen molar-refractivity contribution in [3.05, 3.63) is 58.6 Å². The fourth-order valence-electron chi connectivity index (χ4n) is 5.18. The highest BCUT2D eigenvalue weighted by molar-refractivity contribution is 6.31. The van der Waals surface area contributed by atoms with Crippen LogP contribution >= 0.6 is 11.6 Å². The largest absolute Gasteiger partial charge is 0.494 e. The van der Waals surface area contributed by atoms with Crippen molar-refractivity contribution < 1.29 is 23.8 Å². The minimum atomic E-state index is -0.480. The van der Waals surface area contributed by atoms with Gasteiger partial charge in [-0.05, 0) is 49.2 Å². The summed E-state index contributed by atoms with van der Waals surface area (Å²) >= 11 is 6.17. The third kappa shape index (κ3) is 6.73. The number of hydrogen-bond acceptors (Lipinski definition) is 6. The van der Waals surface area contributed by atoms with Crippen LogP contribution in [-0.4, -0.2) is 43.8 Å². The van der Waals surface area contributed by atoms with Crippen molar-refractivity contribution in [3.63, 3.8) is 0 Å². The Balaban J connectivity index is 1.52. The van der Waals surface area contributed by atoms with Crippen molar-refractivity contribution in [1.29, 1.82) is 5.26 Å². The van der Waals surface area contributed by atoms with E-state index in [4.69, 9.17) is 36.8 Å². The van der Waals surface area contributed by atoms with Gasteiger partial charge in [-0.3, -0.25) is 9.59 Å². The van der Waals surface area contributed by atoms with E-state index in [1.165, 1.54) is 0 Å². The maximum Gasteiger partial charge on any atom is 0.251 e. The van der Waals surface area contributed by atoms with Gasteiger partial charge in [-0.2, -0.15) is 5.26 Å². The topological polar surface area (TPSA) is 124 Å². The number of unbranched alkanes of at least 4 members (excludes halogenated alkanes) is 1. The Hall–Kier alpha value is -3.28. The molecule has 0 heterocycles. The summed E-state index contributed by atoms with van der Waals surface area (Å²) in [5.41, 5.74) is 5.27. The number of primary amides is 1. The summed E-state index contributed by atoms with van der Waals surface area (Å²) in [6.45, 7) is 9.14. The average molecular weight is 528 g/mol. The number of carbonyl (C=O) groups is 2. The van der Waals surface area contributed by atoms with Crippen molar-refractivity contribution in [2.75, 3.05) is 19.8 Å². The first-order valence-electron chi connectivity index (χ1n) is 12.2. The van der Waals surface area contributed by atoms with Gasteiger partial charge in [-0.1, -0.05) is 39.3 Å². The Morgan fingerprint density at radius 1 is 1.03 bits per heavy atom. The lowest BCUT2D eigenvalue weighted by molar-refractivity contribution is -0.164. The molecule has 0 unspecified atom stereocenters. The monoisotopic (exact) mass is 527 g/mol. The van der Waals surface area contributed by atoms with Gasteiger partial charge in [-0.15, -0.1) is 0 Å². The number of benzene rings is 2. The molecule has 9 heteroatoms. The third-order valence-corrected chi connectivity index (χ3v) is 7.06. The molecule has 37 heavy (non-hydrogen) atoms. The number of rotatable bonds is 12. The van der Waals surface area contributed by atoms with Crippen molar-refractivity contribution in [2.45, 2.75) is 52.7 Å². The average Bonchev–Trinajstić information content (AvgIpc) is 2.85. The molecule has 3 rings (SSSR count). The molecular weight excluding hydrogens is 494 g/mol. The zero-order chi connectivity index (χ0) is 27.2. The van der Waals surface area contributed by atoms with Crippen LogP contribution in [-0.2, 0) is 9.53 Å². The normalized spacial score (nSPS) is 19.2. The molecule has 0 saturated heterocycles. The van der Waals surface area contributed by atoms with E-state index in [1.54, 1.807) is 42.5 Å². The lowest BCUT2D eigenvalue weighted by Gasteiger charge is -2.63. The van der Waals surface area contributed by atoms with Gasteiger partial charge in [0.1, 0.15) is 30.3 Å². The van der Waals surface area contributed by atoms with Crippen LogP contribution in [0.25, 0.3) is 0 Å². The minimum Gasteiger partial charge on any atom is -0.494 e. The number of nitrogens with two attached hydrogens (primary N) is 1. The Bertz CT molecular complexity index is 1140. The lowest BCUT2D eigenvalue weighted by Crippen LogP contribution is -2.74. The summed E-state index contributed by atoms with van der Waals surface area (Å²) in [5, 5.41) is 12.6. The fourth-order valence-corrected chi connectivity index (χ4v) is 5.39. The molecule has 1 saturated carbocycles. The maximum absolute atomic E-state index is 13.0. The van der Waals surface area contributed by atoms with Gasteiger partial charge in [0.05, 0.1) is 17.2 Å². The second-order valence-corrected chi connectivity index (χ2v) is 10.8. The molecule has 2 aromatic rings. The number of halogens is 1. The summed E-state index contributed by atoms with van der Waals surface area (Å²) < 4.78 is 17.1. The predicted molar refractivity (Wildman–Crippen MR) is 141 cm³/mol. The van der Waals surface area contributed by atoms with Gasteiger partial charge in [0.15, 0.2) is 0 Å². The van der Waals surface area contributed by atoms with Crippen LogP contribution in [0.5, 0.6) is 11.5 Å². The van der Waals surface area contributed by atoms with E-state index in [0.29, 0.717) is 40.9 Å².